The Kier molecular flexibility index (Phi) is 1.46. The maximum absolute atomic E-state index is 9.51. The first-order valence-electron chi connectivity index (χ1n) is 4.05. The summed E-state index contributed by atoms with van der Waals surface area (Å²) in [6.45, 7) is 2.06. The van der Waals surface area contributed by atoms with Gasteiger partial charge < -0.3 is 5.11 Å². The molecule has 1 N–H and O–H groups in total. The highest BCUT2D eigenvalue weighted by Gasteiger charge is 2.19. The Morgan fingerprint density at radius 2 is 2.27 bits per heavy atom. The number of aryl methyl sites for hydroxylation is 2. The molecule has 0 saturated carbocycles. The van der Waals surface area contributed by atoms with Crippen LogP contribution in [0.4, 0.5) is 0 Å². The minimum absolute atomic E-state index is 0.204. The lowest BCUT2D eigenvalue weighted by Crippen LogP contribution is -1.90. The largest absolute Gasteiger partial charge is 0.388 e. The third-order valence-electron chi connectivity index (χ3n) is 2.35. The molecule has 1 atom stereocenters. The number of benzene rings is 1. The van der Waals surface area contributed by atoms with Gasteiger partial charge in [-0.25, -0.2) is 0 Å². The van der Waals surface area contributed by atoms with Crippen molar-refractivity contribution >= 4 is 0 Å². The fourth-order valence-electron chi connectivity index (χ4n) is 1.70. The van der Waals surface area contributed by atoms with Crippen LogP contribution in [0.15, 0.2) is 18.2 Å². The normalized spacial score (nSPS) is 21.8. The molecular formula is C10H12O. The lowest BCUT2D eigenvalue weighted by atomic mass is 10.1. The minimum Gasteiger partial charge on any atom is -0.388 e. The van der Waals surface area contributed by atoms with Crippen molar-refractivity contribution in [2.24, 2.45) is 0 Å². The number of hydrogen-bond donors (Lipinski definition) is 1. The van der Waals surface area contributed by atoms with Gasteiger partial charge in [-0.05, 0) is 30.9 Å². The molecule has 1 aromatic rings. The molecule has 58 valence electrons. The summed E-state index contributed by atoms with van der Waals surface area (Å²) >= 11 is 0. The monoisotopic (exact) mass is 148 g/mol. The van der Waals surface area contributed by atoms with Crippen LogP contribution in [0.1, 0.15) is 29.2 Å². The molecule has 0 fully saturated rings. The van der Waals surface area contributed by atoms with Gasteiger partial charge in [-0.3, -0.25) is 0 Å². The highest BCUT2D eigenvalue weighted by Crippen LogP contribution is 2.31. The average Bonchev–Trinajstić information content (AvgIpc) is 2.33. The maximum Gasteiger partial charge on any atom is 0.0796 e. The van der Waals surface area contributed by atoms with Crippen LogP contribution in [-0.4, -0.2) is 5.11 Å². The van der Waals surface area contributed by atoms with Crippen LogP contribution < -0.4 is 0 Å². The first-order chi connectivity index (χ1) is 5.27. The topological polar surface area (TPSA) is 20.2 Å². The number of aliphatic hydroxyl groups excluding tert-OH is 1. The van der Waals surface area contributed by atoms with Gasteiger partial charge in [0.2, 0.25) is 0 Å². The summed E-state index contributed by atoms with van der Waals surface area (Å²) in [5.41, 5.74) is 3.71. The molecule has 0 aliphatic heterocycles. The van der Waals surface area contributed by atoms with E-state index in [0.717, 1.165) is 18.4 Å². The van der Waals surface area contributed by atoms with Crippen molar-refractivity contribution in [3.05, 3.63) is 34.9 Å². The molecule has 1 heteroatoms. The van der Waals surface area contributed by atoms with Crippen molar-refractivity contribution in [3.63, 3.8) is 0 Å². The fraction of sp³-hybridized carbons (Fsp3) is 0.400. The van der Waals surface area contributed by atoms with Gasteiger partial charge in [0.1, 0.15) is 0 Å². The zero-order valence-corrected chi connectivity index (χ0v) is 6.67. The predicted molar refractivity (Wildman–Crippen MR) is 44.5 cm³/mol. The smallest absolute Gasteiger partial charge is 0.0796 e. The Balaban J connectivity index is 2.52. The second-order valence-electron chi connectivity index (χ2n) is 3.26. The average molecular weight is 148 g/mol. The van der Waals surface area contributed by atoms with E-state index >= 15 is 0 Å². The standard InChI is InChI=1S/C10H12O/c1-7-2-3-8-4-5-10(11)9(8)6-7/h2-3,6,10-11H,4-5H2,1H3/t10-/m0/s1. The second-order valence-corrected chi connectivity index (χ2v) is 3.26. The molecule has 1 aromatic carbocycles. The minimum atomic E-state index is -0.204. The van der Waals surface area contributed by atoms with E-state index in [-0.39, 0.29) is 6.10 Å². The van der Waals surface area contributed by atoms with E-state index in [1.807, 2.05) is 0 Å². The summed E-state index contributed by atoms with van der Waals surface area (Å²) in [5.74, 6) is 0. The van der Waals surface area contributed by atoms with Gasteiger partial charge in [0.05, 0.1) is 6.10 Å². The van der Waals surface area contributed by atoms with Crippen molar-refractivity contribution in [2.45, 2.75) is 25.9 Å². The lowest BCUT2D eigenvalue weighted by molar-refractivity contribution is 0.180. The first-order valence-corrected chi connectivity index (χ1v) is 4.05. The van der Waals surface area contributed by atoms with E-state index in [2.05, 4.69) is 25.1 Å². The molecule has 0 unspecified atom stereocenters. The summed E-state index contributed by atoms with van der Waals surface area (Å²) in [7, 11) is 0. The van der Waals surface area contributed by atoms with Gasteiger partial charge >= 0.3 is 0 Å². The van der Waals surface area contributed by atoms with Crippen LogP contribution in [0, 0.1) is 6.92 Å². The van der Waals surface area contributed by atoms with Crippen LogP contribution in [-0.2, 0) is 6.42 Å². The number of hydrogen-bond acceptors (Lipinski definition) is 1. The Bertz CT molecular complexity index is 278. The molecule has 2 rings (SSSR count). The number of aliphatic hydroxyl groups is 1. The third kappa shape index (κ3) is 1.05. The summed E-state index contributed by atoms with van der Waals surface area (Å²) in [5, 5.41) is 9.51. The molecule has 0 amide bonds. The highest BCUT2D eigenvalue weighted by molar-refractivity contribution is 5.36. The lowest BCUT2D eigenvalue weighted by Gasteiger charge is -2.03. The van der Waals surface area contributed by atoms with E-state index < -0.39 is 0 Å². The Labute approximate surface area is 66.7 Å². The summed E-state index contributed by atoms with van der Waals surface area (Å²) < 4.78 is 0. The number of fused-ring (bicyclic) bond motifs is 1. The van der Waals surface area contributed by atoms with Gasteiger partial charge in [-0.2, -0.15) is 0 Å². The van der Waals surface area contributed by atoms with Crippen LogP contribution in [0.5, 0.6) is 0 Å². The Morgan fingerprint density at radius 3 is 3.09 bits per heavy atom. The molecule has 0 bridgehead atoms. The Morgan fingerprint density at radius 1 is 1.45 bits per heavy atom. The van der Waals surface area contributed by atoms with Crippen molar-refractivity contribution in [2.75, 3.05) is 0 Å². The van der Waals surface area contributed by atoms with Gasteiger partial charge in [0.15, 0.2) is 0 Å². The second kappa shape index (κ2) is 2.35. The van der Waals surface area contributed by atoms with Crippen LogP contribution in [0.25, 0.3) is 0 Å². The molecular weight excluding hydrogens is 136 g/mol. The highest BCUT2D eigenvalue weighted by atomic mass is 16.3. The molecule has 0 aromatic heterocycles. The van der Waals surface area contributed by atoms with Crippen molar-refractivity contribution in [1.82, 2.24) is 0 Å². The quantitative estimate of drug-likeness (QED) is 0.596. The molecule has 1 nitrogen and oxygen atoms in total. The van der Waals surface area contributed by atoms with E-state index in [9.17, 15) is 5.11 Å². The van der Waals surface area contributed by atoms with E-state index in [1.54, 1.807) is 0 Å². The zero-order valence-electron chi connectivity index (χ0n) is 6.67. The van der Waals surface area contributed by atoms with Crippen LogP contribution in [0.2, 0.25) is 0 Å². The van der Waals surface area contributed by atoms with Crippen LogP contribution in [0.3, 0.4) is 0 Å². The maximum atomic E-state index is 9.51. The first kappa shape index (κ1) is 6.86. The van der Waals surface area contributed by atoms with Gasteiger partial charge in [-0.1, -0.05) is 23.8 Å². The molecule has 11 heavy (non-hydrogen) atoms. The van der Waals surface area contributed by atoms with Crippen molar-refractivity contribution in [1.29, 1.82) is 0 Å². The summed E-state index contributed by atoms with van der Waals surface area (Å²) in [4.78, 5) is 0. The van der Waals surface area contributed by atoms with Gasteiger partial charge in [0, 0.05) is 0 Å². The molecule has 0 saturated heterocycles. The van der Waals surface area contributed by atoms with E-state index in [1.165, 1.54) is 11.1 Å². The molecule has 1 aliphatic carbocycles. The summed E-state index contributed by atoms with van der Waals surface area (Å²) in [6, 6.07) is 6.32. The molecule has 0 radical (unpaired) electrons. The van der Waals surface area contributed by atoms with Gasteiger partial charge in [-0.15, -0.1) is 0 Å². The number of rotatable bonds is 0. The van der Waals surface area contributed by atoms with Crippen molar-refractivity contribution in [3.8, 4) is 0 Å². The predicted octanol–water partition coefficient (Wildman–Crippen LogP) is 1.97. The fourth-order valence-corrected chi connectivity index (χ4v) is 1.70. The molecule has 0 spiro atoms. The SMILES string of the molecule is Cc1ccc2c(c1)[C@@H](O)CC2. The van der Waals surface area contributed by atoms with Crippen LogP contribution >= 0.6 is 0 Å². The van der Waals surface area contributed by atoms with Crippen molar-refractivity contribution < 1.29 is 5.11 Å². The third-order valence-corrected chi connectivity index (χ3v) is 2.35. The Hall–Kier alpha value is -0.820. The van der Waals surface area contributed by atoms with E-state index in [0.29, 0.717) is 0 Å². The summed E-state index contributed by atoms with van der Waals surface area (Å²) in [6.07, 6.45) is 1.74. The molecule has 1 aliphatic rings. The van der Waals surface area contributed by atoms with Gasteiger partial charge in [0.25, 0.3) is 0 Å². The molecule has 0 heterocycles. The van der Waals surface area contributed by atoms with E-state index in [4.69, 9.17) is 0 Å². The zero-order chi connectivity index (χ0) is 7.84.